The Bertz CT molecular complexity index is 1030. The van der Waals surface area contributed by atoms with Crippen LogP contribution >= 0.6 is 0 Å². The molecule has 0 saturated heterocycles. The van der Waals surface area contributed by atoms with Gasteiger partial charge in [-0.15, -0.1) is 0 Å². The predicted octanol–water partition coefficient (Wildman–Crippen LogP) is 3.31. The van der Waals surface area contributed by atoms with Crippen molar-refractivity contribution < 1.29 is 29.4 Å². The second-order valence-electron chi connectivity index (χ2n) is 6.67. The number of rotatable bonds is 6. The largest absolute Gasteiger partial charge is 0.478 e. The van der Waals surface area contributed by atoms with Gasteiger partial charge in [0.05, 0.1) is 22.5 Å². The van der Waals surface area contributed by atoms with Crippen molar-refractivity contribution in [1.29, 1.82) is 0 Å². The molecule has 0 fully saturated rings. The lowest BCUT2D eigenvalue weighted by molar-refractivity contribution is -0.116. The lowest BCUT2D eigenvalue weighted by Gasteiger charge is -2.22. The fourth-order valence-corrected chi connectivity index (χ4v) is 2.92. The minimum Gasteiger partial charge on any atom is -0.478 e. The summed E-state index contributed by atoms with van der Waals surface area (Å²) >= 11 is 0. The lowest BCUT2D eigenvalue weighted by atomic mass is 9.92. The molecule has 0 amide bonds. The van der Waals surface area contributed by atoms with Crippen LogP contribution in [0.25, 0.3) is 0 Å². The summed E-state index contributed by atoms with van der Waals surface area (Å²) in [4.78, 5) is 47.6. The SMILES string of the molecule is CC1=C(Nc2ccc(C(=O)O)cc2)C(=O)C(C)=C(Nc2ccc(C(=O)O)cc2)C1=O. The molecule has 1 aliphatic rings. The summed E-state index contributed by atoms with van der Waals surface area (Å²) < 4.78 is 0. The van der Waals surface area contributed by atoms with Crippen LogP contribution in [0.4, 0.5) is 11.4 Å². The van der Waals surface area contributed by atoms with Crippen LogP contribution in [0.3, 0.4) is 0 Å². The number of aromatic carboxylic acids is 2. The fourth-order valence-electron chi connectivity index (χ4n) is 2.92. The molecule has 4 N–H and O–H groups in total. The number of anilines is 2. The zero-order valence-corrected chi connectivity index (χ0v) is 16.1. The van der Waals surface area contributed by atoms with Gasteiger partial charge in [0.2, 0.25) is 11.6 Å². The molecule has 0 unspecified atom stereocenters. The quantitative estimate of drug-likeness (QED) is 0.537. The molecular formula is C22H18N2O6. The van der Waals surface area contributed by atoms with E-state index in [4.69, 9.17) is 10.2 Å². The van der Waals surface area contributed by atoms with Crippen LogP contribution < -0.4 is 10.6 Å². The Kier molecular flexibility index (Phi) is 5.50. The van der Waals surface area contributed by atoms with E-state index in [-0.39, 0.29) is 45.2 Å². The minimum atomic E-state index is -1.06. The van der Waals surface area contributed by atoms with Crippen LogP contribution in [0.5, 0.6) is 0 Å². The van der Waals surface area contributed by atoms with Crippen molar-refractivity contribution in [3.63, 3.8) is 0 Å². The Morgan fingerprint density at radius 3 is 1.20 bits per heavy atom. The molecule has 1 aliphatic carbocycles. The number of nitrogens with one attached hydrogen (secondary N) is 2. The van der Waals surface area contributed by atoms with Crippen molar-refractivity contribution in [1.82, 2.24) is 0 Å². The maximum atomic E-state index is 12.9. The highest BCUT2D eigenvalue weighted by molar-refractivity contribution is 6.26. The molecule has 0 heterocycles. The van der Waals surface area contributed by atoms with E-state index < -0.39 is 11.9 Å². The molecule has 2 aromatic rings. The average molecular weight is 406 g/mol. The van der Waals surface area contributed by atoms with E-state index in [1.807, 2.05) is 0 Å². The first kappa shape index (κ1) is 20.5. The molecule has 0 aromatic heterocycles. The number of ketones is 2. The highest BCUT2D eigenvalue weighted by Crippen LogP contribution is 2.27. The monoisotopic (exact) mass is 406 g/mol. The second-order valence-corrected chi connectivity index (χ2v) is 6.67. The molecule has 0 spiro atoms. The number of benzene rings is 2. The van der Waals surface area contributed by atoms with E-state index in [1.54, 1.807) is 0 Å². The van der Waals surface area contributed by atoms with Gasteiger partial charge in [-0.25, -0.2) is 9.59 Å². The van der Waals surface area contributed by atoms with Crippen LogP contribution in [0, 0.1) is 0 Å². The van der Waals surface area contributed by atoms with Crippen molar-refractivity contribution in [2.24, 2.45) is 0 Å². The highest BCUT2D eigenvalue weighted by atomic mass is 16.4. The predicted molar refractivity (Wildman–Crippen MR) is 109 cm³/mol. The number of carboxylic acids is 2. The third-order valence-corrected chi connectivity index (χ3v) is 4.69. The fraction of sp³-hybridized carbons (Fsp3) is 0.0909. The van der Waals surface area contributed by atoms with Gasteiger partial charge in [-0.2, -0.15) is 0 Å². The molecule has 2 aromatic carbocycles. The molecule has 3 rings (SSSR count). The Morgan fingerprint density at radius 1 is 0.633 bits per heavy atom. The maximum Gasteiger partial charge on any atom is 0.335 e. The van der Waals surface area contributed by atoms with Crippen molar-refractivity contribution in [3.8, 4) is 0 Å². The van der Waals surface area contributed by atoms with E-state index in [1.165, 1.54) is 62.4 Å². The number of hydrogen-bond donors (Lipinski definition) is 4. The van der Waals surface area contributed by atoms with E-state index >= 15 is 0 Å². The summed E-state index contributed by atoms with van der Waals surface area (Å²) in [5, 5.41) is 23.7. The standard InChI is InChI=1S/C22H18N2O6/c1-11-17(23-15-7-3-13(4-8-15)21(27)28)20(26)12(2)18(19(11)25)24-16-9-5-14(6-10-16)22(29)30/h3-10,23-24H,1-2H3,(H,27,28)(H,29,30). The van der Waals surface area contributed by atoms with E-state index in [2.05, 4.69) is 10.6 Å². The zero-order chi connectivity index (χ0) is 22.0. The number of hydrogen-bond acceptors (Lipinski definition) is 6. The van der Waals surface area contributed by atoms with Crippen LogP contribution in [0.1, 0.15) is 34.6 Å². The molecule has 0 radical (unpaired) electrons. The molecule has 8 heteroatoms. The first-order chi connectivity index (χ1) is 14.2. The van der Waals surface area contributed by atoms with Crippen LogP contribution in [-0.2, 0) is 9.59 Å². The van der Waals surface area contributed by atoms with Crippen molar-refractivity contribution in [2.45, 2.75) is 13.8 Å². The Balaban J connectivity index is 1.84. The van der Waals surface area contributed by atoms with Crippen LogP contribution in [0.15, 0.2) is 71.1 Å². The summed E-state index contributed by atoms with van der Waals surface area (Å²) in [6, 6.07) is 11.6. The average Bonchev–Trinajstić information content (AvgIpc) is 2.73. The van der Waals surface area contributed by atoms with Crippen molar-refractivity contribution in [3.05, 3.63) is 82.2 Å². The van der Waals surface area contributed by atoms with Gasteiger partial charge in [0.1, 0.15) is 0 Å². The number of carboxylic acid groups (broad SMARTS) is 2. The van der Waals surface area contributed by atoms with Gasteiger partial charge in [-0.3, -0.25) is 9.59 Å². The third-order valence-electron chi connectivity index (χ3n) is 4.69. The number of carbonyl (C=O) groups is 4. The lowest BCUT2D eigenvalue weighted by Crippen LogP contribution is -2.28. The van der Waals surface area contributed by atoms with Gasteiger partial charge >= 0.3 is 11.9 Å². The summed E-state index contributed by atoms with van der Waals surface area (Å²) in [6.45, 7) is 3.05. The topological polar surface area (TPSA) is 133 Å². The molecule has 0 atom stereocenters. The molecule has 8 nitrogen and oxygen atoms in total. The summed E-state index contributed by atoms with van der Waals surface area (Å²) in [5.41, 5.74) is 1.81. The summed E-state index contributed by atoms with van der Waals surface area (Å²) in [6.07, 6.45) is 0. The first-order valence-electron chi connectivity index (χ1n) is 8.91. The Morgan fingerprint density at radius 2 is 0.933 bits per heavy atom. The number of carbonyl (C=O) groups excluding carboxylic acids is 2. The van der Waals surface area contributed by atoms with E-state index in [0.29, 0.717) is 11.4 Å². The van der Waals surface area contributed by atoms with Gasteiger partial charge in [-0.05, 0) is 62.4 Å². The molecule has 30 heavy (non-hydrogen) atoms. The molecule has 0 saturated carbocycles. The summed E-state index contributed by atoms with van der Waals surface area (Å²) in [7, 11) is 0. The van der Waals surface area contributed by atoms with Crippen molar-refractivity contribution >= 4 is 34.9 Å². The first-order valence-corrected chi connectivity index (χ1v) is 8.91. The zero-order valence-electron chi connectivity index (χ0n) is 16.1. The Hall–Kier alpha value is -4.20. The van der Waals surface area contributed by atoms with E-state index in [9.17, 15) is 19.2 Å². The van der Waals surface area contributed by atoms with Crippen LogP contribution in [0.2, 0.25) is 0 Å². The minimum absolute atomic E-state index is 0.105. The molecular weight excluding hydrogens is 388 g/mol. The third kappa shape index (κ3) is 3.97. The second kappa shape index (κ2) is 8.04. The van der Waals surface area contributed by atoms with Gasteiger partial charge in [0.25, 0.3) is 0 Å². The van der Waals surface area contributed by atoms with Gasteiger partial charge in [-0.1, -0.05) is 0 Å². The smallest absolute Gasteiger partial charge is 0.335 e. The number of Topliss-reactive ketones (excluding diaryl/α,β-unsaturated/α-hetero) is 2. The van der Waals surface area contributed by atoms with Crippen molar-refractivity contribution in [2.75, 3.05) is 10.6 Å². The van der Waals surface area contributed by atoms with Crippen LogP contribution in [-0.4, -0.2) is 33.7 Å². The van der Waals surface area contributed by atoms with Gasteiger partial charge in [0, 0.05) is 22.5 Å². The van der Waals surface area contributed by atoms with Gasteiger partial charge in [0.15, 0.2) is 0 Å². The van der Waals surface area contributed by atoms with Gasteiger partial charge < -0.3 is 20.8 Å². The number of allylic oxidation sites excluding steroid dienone is 2. The maximum absolute atomic E-state index is 12.9. The molecule has 0 aliphatic heterocycles. The highest BCUT2D eigenvalue weighted by Gasteiger charge is 2.30. The Labute approximate surface area is 171 Å². The molecule has 0 bridgehead atoms. The molecule has 152 valence electrons. The van der Waals surface area contributed by atoms with E-state index in [0.717, 1.165) is 0 Å². The normalized spacial score (nSPS) is 14.1. The summed E-state index contributed by atoms with van der Waals surface area (Å²) in [5.74, 6) is -2.88.